The summed E-state index contributed by atoms with van der Waals surface area (Å²) in [7, 11) is 0. The van der Waals surface area contributed by atoms with Gasteiger partial charge in [0.25, 0.3) is 0 Å². The van der Waals surface area contributed by atoms with Gasteiger partial charge in [-0.25, -0.2) is 0 Å². The van der Waals surface area contributed by atoms with E-state index in [0.717, 1.165) is 0 Å². The van der Waals surface area contributed by atoms with Gasteiger partial charge in [-0.1, -0.05) is 48.6 Å². The van der Waals surface area contributed by atoms with E-state index in [9.17, 15) is 0 Å². The Morgan fingerprint density at radius 1 is 0.938 bits per heavy atom. The summed E-state index contributed by atoms with van der Waals surface area (Å²) in [6.07, 6.45) is 4.21. The maximum absolute atomic E-state index is 3.48. The van der Waals surface area contributed by atoms with Crippen LogP contribution in [0.4, 0.5) is 0 Å². The second-order valence-corrected chi connectivity index (χ2v) is 3.94. The van der Waals surface area contributed by atoms with Gasteiger partial charge >= 0.3 is 0 Å². The maximum Gasteiger partial charge on any atom is 0.0538 e. The number of allylic oxidation sites excluding steroid dienone is 1. The van der Waals surface area contributed by atoms with Crippen LogP contribution in [-0.2, 0) is 0 Å². The van der Waals surface area contributed by atoms with Crippen molar-refractivity contribution in [2.45, 2.75) is 6.92 Å². The first-order valence-electron chi connectivity index (χ1n) is 5.52. The van der Waals surface area contributed by atoms with Crippen molar-refractivity contribution < 1.29 is 0 Å². The summed E-state index contributed by atoms with van der Waals surface area (Å²) < 4.78 is 0. The number of para-hydroxylation sites is 2. The van der Waals surface area contributed by atoms with Crippen LogP contribution in [0.25, 0.3) is 27.9 Å². The van der Waals surface area contributed by atoms with E-state index < -0.39 is 0 Å². The summed E-state index contributed by atoms with van der Waals surface area (Å²) in [5.41, 5.74) is 3.67. The molecule has 0 radical (unpaired) electrons. The molecule has 0 aliphatic heterocycles. The Morgan fingerprint density at radius 3 is 2.62 bits per heavy atom. The topological polar surface area (TPSA) is 15.8 Å². The summed E-state index contributed by atoms with van der Waals surface area (Å²) >= 11 is 0. The van der Waals surface area contributed by atoms with Crippen molar-refractivity contribution in [2.24, 2.45) is 0 Å². The first kappa shape index (κ1) is 9.22. The molecular weight excluding hydrogens is 194 g/mol. The Bertz CT molecular complexity index is 674. The Labute approximate surface area is 94.4 Å². The van der Waals surface area contributed by atoms with Gasteiger partial charge in [-0.3, -0.25) is 0 Å². The normalized spacial score (nSPS) is 11.8. The van der Waals surface area contributed by atoms with E-state index in [-0.39, 0.29) is 0 Å². The van der Waals surface area contributed by atoms with Gasteiger partial charge in [0.15, 0.2) is 0 Å². The second kappa shape index (κ2) is 3.53. The fourth-order valence-electron chi connectivity index (χ4n) is 2.21. The van der Waals surface area contributed by atoms with E-state index in [1.54, 1.807) is 0 Å². The van der Waals surface area contributed by atoms with Gasteiger partial charge in [0, 0.05) is 16.3 Å². The lowest BCUT2D eigenvalue weighted by atomic mass is 10.1. The number of hydrogen-bond acceptors (Lipinski definition) is 0. The van der Waals surface area contributed by atoms with Crippen molar-refractivity contribution in [3.63, 3.8) is 0 Å². The van der Waals surface area contributed by atoms with Gasteiger partial charge in [0.1, 0.15) is 0 Å². The number of fused-ring (bicyclic) bond motifs is 3. The van der Waals surface area contributed by atoms with Crippen molar-refractivity contribution in [3.05, 3.63) is 54.1 Å². The highest BCUT2D eigenvalue weighted by Gasteiger charge is 2.04. The molecule has 1 nitrogen and oxygen atoms in total. The third kappa shape index (κ3) is 1.25. The molecule has 1 N–H and O–H groups in total. The molecule has 0 bridgehead atoms. The monoisotopic (exact) mass is 207 g/mol. The number of rotatable bonds is 1. The minimum Gasteiger partial charge on any atom is -0.354 e. The van der Waals surface area contributed by atoms with Crippen LogP contribution in [-0.4, -0.2) is 4.98 Å². The van der Waals surface area contributed by atoms with Gasteiger partial charge in [-0.2, -0.15) is 0 Å². The SMILES string of the molecule is CC=Cc1cccc2c1[nH]c1ccccc12. The zero-order chi connectivity index (χ0) is 11.0. The number of nitrogens with one attached hydrogen (secondary N) is 1. The van der Waals surface area contributed by atoms with Gasteiger partial charge in [-0.15, -0.1) is 0 Å². The second-order valence-electron chi connectivity index (χ2n) is 3.94. The zero-order valence-corrected chi connectivity index (χ0v) is 9.20. The molecule has 3 rings (SSSR count). The molecule has 0 saturated heterocycles. The standard InChI is InChI=1S/C15H13N/c1-2-6-11-7-5-9-13-12-8-3-4-10-14(12)16-15(11)13/h2-10,16H,1H3. The fourth-order valence-corrected chi connectivity index (χ4v) is 2.21. The first-order valence-corrected chi connectivity index (χ1v) is 5.52. The molecule has 0 saturated carbocycles. The quantitative estimate of drug-likeness (QED) is 0.610. The molecule has 16 heavy (non-hydrogen) atoms. The van der Waals surface area contributed by atoms with Crippen LogP contribution in [0.1, 0.15) is 12.5 Å². The molecule has 0 aliphatic carbocycles. The van der Waals surface area contributed by atoms with E-state index in [1.165, 1.54) is 27.4 Å². The molecule has 0 atom stereocenters. The molecule has 0 unspecified atom stereocenters. The predicted octanol–water partition coefficient (Wildman–Crippen LogP) is 4.35. The number of benzene rings is 2. The summed E-state index contributed by atoms with van der Waals surface area (Å²) in [5, 5.41) is 2.59. The molecule has 2 aromatic carbocycles. The molecule has 3 aromatic rings. The van der Waals surface area contributed by atoms with Gasteiger partial charge in [0.05, 0.1) is 5.52 Å². The third-order valence-corrected chi connectivity index (χ3v) is 2.92. The van der Waals surface area contributed by atoms with Crippen LogP contribution < -0.4 is 0 Å². The summed E-state index contributed by atoms with van der Waals surface area (Å²) in [5.74, 6) is 0. The number of aromatic amines is 1. The van der Waals surface area contributed by atoms with Crippen LogP contribution >= 0.6 is 0 Å². The van der Waals surface area contributed by atoms with E-state index in [4.69, 9.17) is 0 Å². The smallest absolute Gasteiger partial charge is 0.0538 e. The number of H-pyrrole nitrogens is 1. The highest BCUT2D eigenvalue weighted by atomic mass is 14.7. The lowest BCUT2D eigenvalue weighted by molar-refractivity contribution is 1.53. The predicted molar refractivity (Wildman–Crippen MR) is 70.5 cm³/mol. The van der Waals surface area contributed by atoms with Crippen molar-refractivity contribution in [2.75, 3.05) is 0 Å². The molecule has 0 fully saturated rings. The molecular formula is C15H13N. The van der Waals surface area contributed by atoms with Crippen molar-refractivity contribution >= 4 is 27.9 Å². The zero-order valence-electron chi connectivity index (χ0n) is 9.20. The van der Waals surface area contributed by atoms with Crippen LogP contribution in [0.2, 0.25) is 0 Å². The first-order chi connectivity index (χ1) is 7.90. The van der Waals surface area contributed by atoms with Crippen molar-refractivity contribution in [1.29, 1.82) is 0 Å². The Kier molecular flexibility index (Phi) is 2.03. The van der Waals surface area contributed by atoms with Crippen molar-refractivity contribution in [3.8, 4) is 0 Å². The van der Waals surface area contributed by atoms with E-state index in [1.807, 2.05) is 6.92 Å². The highest BCUT2D eigenvalue weighted by Crippen LogP contribution is 2.27. The summed E-state index contributed by atoms with van der Waals surface area (Å²) in [6.45, 7) is 2.04. The highest BCUT2D eigenvalue weighted by molar-refractivity contribution is 6.09. The molecule has 0 amide bonds. The van der Waals surface area contributed by atoms with Gasteiger partial charge in [0.2, 0.25) is 0 Å². The summed E-state index contributed by atoms with van der Waals surface area (Å²) in [4.78, 5) is 3.48. The van der Waals surface area contributed by atoms with Crippen molar-refractivity contribution in [1.82, 2.24) is 4.98 Å². The summed E-state index contributed by atoms with van der Waals surface area (Å²) in [6, 6.07) is 14.8. The largest absolute Gasteiger partial charge is 0.354 e. The lowest BCUT2D eigenvalue weighted by Crippen LogP contribution is -1.74. The minimum atomic E-state index is 1.20. The average molecular weight is 207 g/mol. The molecule has 0 spiro atoms. The Hall–Kier alpha value is -2.02. The Morgan fingerprint density at radius 2 is 1.75 bits per heavy atom. The average Bonchev–Trinajstić information content (AvgIpc) is 2.69. The minimum absolute atomic E-state index is 1.20. The van der Waals surface area contributed by atoms with E-state index in [0.29, 0.717) is 0 Å². The molecule has 0 aliphatic rings. The van der Waals surface area contributed by atoms with E-state index >= 15 is 0 Å². The molecule has 1 heterocycles. The number of aromatic nitrogens is 1. The van der Waals surface area contributed by atoms with Crippen LogP contribution in [0.15, 0.2) is 48.5 Å². The molecule has 1 heteroatoms. The van der Waals surface area contributed by atoms with E-state index in [2.05, 4.69) is 59.6 Å². The van der Waals surface area contributed by atoms with Crippen LogP contribution in [0.5, 0.6) is 0 Å². The maximum atomic E-state index is 3.48. The fraction of sp³-hybridized carbons (Fsp3) is 0.0667. The lowest BCUT2D eigenvalue weighted by Gasteiger charge is -1.95. The van der Waals surface area contributed by atoms with Crippen LogP contribution in [0, 0.1) is 0 Å². The third-order valence-electron chi connectivity index (χ3n) is 2.92. The van der Waals surface area contributed by atoms with Gasteiger partial charge < -0.3 is 4.98 Å². The molecule has 1 aromatic heterocycles. The number of hydrogen-bond donors (Lipinski definition) is 1. The Balaban J connectivity index is 2.48. The van der Waals surface area contributed by atoms with Crippen LogP contribution in [0.3, 0.4) is 0 Å². The van der Waals surface area contributed by atoms with Gasteiger partial charge in [-0.05, 0) is 18.6 Å². The molecule has 78 valence electrons.